The van der Waals surface area contributed by atoms with E-state index in [1.165, 1.54) is 0 Å². The van der Waals surface area contributed by atoms with Crippen LogP contribution in [0.25, 0.3) is 0 Å². The highest BCUT2D eigenvalue weighted by Crippen LogP contribution is 2.05. The Morgan fingerprint density at radius 1 is 1.15 bits per heavy atom. The monoisotopic (exact) mass is 192 g/mol. The summed E-state index contributed by atoms with van der Waals surface area (Å²) in [6, 6.07) is 0. The normalized spacial score (nSPS) is 30.2. The van der Waals surface area contributed by atoms with Gasteiger partial charge in [-0.2, -0.15) is 4.81 Å². The Balaban J connectivity index is 2.73. The molecule has 1 fully saturated rings. The summed E-state index contributed by atoms with van der Waals surface area (Å²) in [5, 5.41) is 26.2. The van der Waals surface area contributed by atoms with Crippen LogP contribution in [0.15, 0.2) is 0 Å². The maximum Gasteiger partial charge on any atom is 0.750 e. The Kier molecular flexibility index (Phi) is 2.83. The minimum atomic E-state index is -2.11. The molecule has 1 heterocycles. The number of hydrogen-bond donors (Lipinski definition) is 3. The van der Waals surface area contributed by atoms with Gasteiger partial charge in [-0.1, -0.05) is 0 Å². The van der Waals surface area contributed by atoms with E-state index in [0.717, 1.165) is 0 Å². The van der Waals surface area contributed by atoms with Gasteiger partial charge in [-0.05, 0) is 0 Å². The third kappa shape index (κ3) is 2.15. The van der Waals surface area contributed by atoms with Crippen molar-refractivity contribution in [2.24, 2.45) is 0 Å². The molecule has 1 aliphatic rings. The Labute approximate surface area is 71.7 Å². The number of rotatable bonds is 0. The van der Waals surface area contributed by atoms with Gasteiger partial charge >= 0.3 is 19.3 Å². The summed E-state index contributed by atoms with van der Waals surface area (Å²) in [5.41, 5.74) is 0. The molecule has 0 aromatic rings. The fourth-order valence-corrected chi connectivity index (χ4v) is 0.584. The lowest BCUT2D eigenvalue weighted by molar-refractivity contribution is -0.249. The van der Waals surface area contributed by atoms with Crippen LogP contribution in [0.5, 0.6) is 0 Å². The number of hydrogen-bond acceptors (Lipinski definition) is 8. The third-order valence-corrected chi connectivity index (χ3v) is 1.21. The fraction of sp³-hybridized carbons (Fsp3) is 0.500. The van der Waals surface area contributed by atoms with Crippen molar-refractivity contribution in [3.63, 3.8) is 0 Å². The molecule has 0 radical (unpaired) electrons. The minimum absolute atomic E-state index is 1.39. The van der Waals surface area contributed by atoms with Crippen LogP contribution < -0.4 is 0 Å². The first-order chi connectivity index (χ1) is 6.02. The first kappa shape index (κ1) is 9.93. The summed E-state index contributed by atoms with van der Waals surface area (Å²) in [7, 11) is -2.11. The third-order valence-electron chi connectivity index (χ3n) is 1.21. The molecule has 0 aliphatic carbocycles. The van der Waals surface area contributed by atoms with Crippen LogP contribution in [0.1, 0.15) is 0 Å². The topological polar surface area (TPSA) is 123 Å². The van der Waals surface area contributed by atoms with E-state index >= 15 is 0 Å². The van der Waals surface area contributed by atoms with Gasteiger partial charge in [-0.15, -0.1) is 0 Å². The smallest absolute Gasteiger partial charge is 0.481 e. The quantitative estimate of drug-likeness (QED) is 0.269. The molecule has 0 aromatic carbocycles. The average molecular weight is 192 g/mol. The van der Waals surface area contributed by atoms with Crippen molar-refractivity contribution in [2.75, 3.05) is 0 Å². The lowest BCUT2D eigenvalue weighted by atomic mass is 10.2. The van der Waals surface area contributed by atoms with Crippen LogP contribution in [0.4, 0.5) is 0 Å². The van der Waals surface area contributed by atoms with Crippen LogP contribution in [0.2, 0.25) is 0 Å². The van der Waals surface area contributed by atoms with Gasteiger partial charge in [0.1, 0.15) is 0 Å². The number of aliphatic hydroxyl groups is 2. The Bertz CT molecular complexity index is 228. The molecule has 2 atom stereocenters. The second kappa shape index (κ2) is 3.70. The van der Waals surface area contributed by atoms with Gasteiger partial charge in [0.05, 0.1) is 0 Å². The second-order valence-corrected chi connectivity index (χ2v) is 2.13. The standard InChI is InChI=1S/C4H5BO8/c6-1-2(7)4(9)12-13-5(10)11-3(1)8/h1-2,6-7,10H. The molecule has 0 spiro atoms. The van der Waals surface area contributed by atoms with Crippen LogP contribution in [0.3, 0.4) is 0 Å². The molecule has 1 saturated heterocycles. The van der Waals surface area contributed by atoms with E-state index in [0.29, 0.717) is 0 Å². The number of carbonyl (C=O) groups is 2. The van der Waals surface area contributed by atoms with Gasteiger partial charge in [0.25, 0.3) is 0 Å². The molecule has 72 valence electrons. The average Bonchev–Trinajstić information content (AvgIpc) is 2.10. The van der Waals surface area contributed by atoms with Crippen LogP contribution in [0, 0.1) is 0 Å². The zero-order valence-electron chi connectivity index (χ0n) is 6.11. The highest BCUT2D eigenvalue weighted by molar-refractivity contribution is 6.37. The van der Waals surface area contributed by atoms with Crippen molar-refractivity contribution in [2.45, 2.75) is 12.2 Å². The largest absolute Gasteiger partial charge is 0.750 e. The molecule has 0 aromatic heterocycles. The summed E-state index contributed by atoms with van der Waals surface area (Å²) in [6.07, 6.45) is -4.20. The van der Waals surface area contributed by atoms with Crippen molar-refractivity contribution in [1.29, 1.82) is 0 Å². The Hall–Kier alpha value is -1.16. The molecule has 2 unspecified atom stereocenters. The van der Waals surface area contributed by atoms with Crippen molar-refractivity contribution < 1.29 is 39.2 Å². The van der Waals surface area contributed by atoms with Gasteiger partial charge in [0.2, 0.25) is 0 Å². The molecule has 3 N–H and O–H groups in total. The van der Waals surface area contributed by atoms with Crippen molar-refractivity contribution in [3.8, 4) is 0 Å². The molecule has 13 heavy (non-hydrogen) atoms. The zero-order chi connectivity index (χ0) is 10.0. The van der Waals surface area contributed by atoms with E-state index in [2.05, 4.69) is 14.3 Å². The maximum atomic E-state index is 10.7. The maximum absolute atomic E-state index is 10.7. The lowest BCUT2D eigenvalue weighted by Gasteiger charge is -2.18. The minimum Gasteiger partial charge on any atom is -0.481 e. The van der Waals surface area contributed by atoms with Crippen LogP contribution in [-0.2, 0) is 23.9 Å². The van der Waals surface area contributed by atoms with Crippen molar-refractivity contribution in [3.05, 3.63) is 0 Å². The highest BCUT2D eigenvalue weighted by Gasteiger charge is 2.40. The summed E-state index contributed by atoms with van der Waals surface area (Å²) in [4.78, 5) is 28.8. The van der Waals surface area contributed by atoms with Gasteiger partial charge in [0.15, 0.2) is 12.2 Å². The molecule has 1 rings (SSSR count). The zero-order valence-corrected chi connectivity index (χ0v) is 6.11. The SMILES string of the molecule is O=C1OOB(O)OC(=O)C(O)C1O. The first-order valence-corrected chi connectivity index (χ1v) is 3.14. The summed E-state index contributed by atoms with van der Waals surface area (Å²) < 4.78 is 3.93. The summed E-state index contributed by atoms with van der Waals surface area (Å²) in [6.45, 7) is 0. The molecule has 0 bridgehead atoms. The van der Waals surface area contributed by atoms with E-state index in [1.54, 1.807) is 0 Å². The fourth-order valence-electron chi connectivity index (χ4n) is 0.584. The van der Waals surface area contributed by atoms with E-state index < -0.39 is 31.5 Å². The number of aliphatic hydroxyl groups excluding tert-OH is 2. The molecule has 0 amide bonds. The number of carbonyl (C=O) groups excluding carboxylic acids is 2. The van der Waals surface area contributed by atoms with Gasteiger partial charge < -0.3 is 24.8 Å². The van der Waals surface area contributed by atoms with E-state index in [9.17, 15) is 9.59 Å². The van der Waals surface area contributed by atoms with Gasteiger partial charge in [-0.3, -0.25) is 4.79 Å². The molecule has 9 heteroatoms. The van der Waals surface area contributed by atoms with E-state index in [-0.39, 0.29) is 0 Å². The molecular weight excluding hydrogens is 187 g/mol. The predicted octanol–water partition coefficient (Wildman–Crippen LogP) is -3.28. The lowest BCUT2D eigenvalue weighted by Crippen LogP contribution is -2.47. The van der Waals surface area contributed by atoms with Crippen LogP contribution >= 0.6 is 0 Å². The summed E-state index contributed by atoms with van der Waals surface area (Å²) in [5.74, 6) is -2.79. The highest BCUT2D eigenvalue weighted by atomic mass is 17.2. The van der Waals surface area contributed by atoms with Gasteiger partial charge in [-0.25, -0.2) is 4.79 Å². The Morgan fingerprint density at radius 2 is 1.69 bits per heavy atom. The molecule has 1 aliphatic heterocycles. The summed E-state index contributed by atoms with van der Waals surface area (Å²) >= 11 is 0. The van der Waals surface area contributed by atoms with Crippen molar-refractivity contribution >= 4 is 19.3 Å². The molecular formula is C4H5BO8. The first-order valence-electron chi connectivity index (χ1n) is 3.14. The molecule has 0 saturated carbocycles. The van der Waals surface area contributed by atoms with E-state index in [4.69, 9.17) is 15.2 Å². The second-order valence-electron chi connectivity index (χ2n) is 2.13. The van der Waals surface area contributed by atoms with Crippen molar-refractivity contribution in [1.82, 2.24) is 0 Å². The predicted molar refractivity (Wildman–Crippen MR) is 33.3 cm³/mol. The van der Waals surface area contributed by atoms with Crippen LogP contribution in [-0.4, -0.2) is 46.7 Å². The van der Waals surface area contributed by atoms with Gasteiger partial charge in [0, 0.05) is 0 Å². The van der Waals surface area contributed by atoms with E-state index in [1.807, 2.05) is 0 Å². The Morgan fingerprint density at radius 3 is 2.31 bits per heavy atom. The molecule has 8 nitrogen and oxygen atoms in total.